The van der Waals surface area contributed by atoms with Gasteiger partial charge in [-0.2, -0.15) is 0 Å². The van der Waals surface area contributed by atoms with Crippen LogP contribution in [0, 0.1) is 5.82 Å². The van der Waals surface area contributed by atoms with Gasteiger partial charge in [0.2, 0.25) is 10.0 Å². The van der Waals surface area contributed by atoms with Crippen LogP contribution in [0.3, 0.4) is 0 Å². The van der Waals surface area contributed by atoms with Gasteiger partial charge in [-0.05, 0) is 38.0 Å². The van der Waals surface area contributed by atoms with Gasteiger partial charge in [0.15, 0.2) is 0 Å². The summed E-state index contributed by atoms with van der Waals surface area (Å²) in [6.07, 6.45) is 4.73. The predicted molar refractivity (Wildman–Crippen MR) is 84.1 cm³/mol. The number of nitrogens with one attached hydrogen (secondary N) is 1. The lowest BCUT2D eigenvalue weighted by Gasteiger charge is -2.34. The summed E-state index contributed by atoms with van der Waals surface area (Å²) < 4.78 is 41.2. The van der Waals surface area contributed by atoms with Gasteiger partial charge in [0, 0.05) is 11.1 Å². The first-order chi connectivity index (χ1) is 9.73. The SMILES string of the molecule is CC1(NS(=O)(=O)c2ccc(F)c(C(N)=S)c2)CCCCC1. The fraction of sp³-hybridized carbons (Fsp3) is 0.500. The molecule has 21 heavy (non-hydrogen) atoms. The molecule has 0 amide bonds. The van der Waals surface area contributed by atoms with Crippen LogP contribution in [-0.2, 0) is 10.0 Å². The maximum Gasteiger partial charge on any atom is 0.241 e. The van der Waals surface area contributed by atoms with Crippen LogP contribution in [0.4, 0.5) is 4.39 Å². The molecule has 0 spiro atoms. The lowest BCUT2D eigenvalue weighted by atomic mass is 9.84. The molecule has 0 radical (unpaired) electrons. The Balaban J connectivity index is 2.31. The molecule has 4 nitrogen and oxygen atoms in total. The largest absolute Gasteiger partial charge is 0.389 e. The summed E-state index contributed by atoms with van der Waals surface area (Å²) in [5.41, 5.74) is 4.91. The highest BCUT2D eigenvalue weighted by atomic mass is 32.2. The summed E-state index contributed by atoms with van der Waals surface area (Å²) >= 11 is 4.74. The average Bonchev–Trinajstić information content (AvgIpc) is 2.38. The molecule has 1 aliphatic carbocycles. The topological polar surface area (TPSA) is 72.2 Å². The zero-order valence-corrected chi connectivity index (χ0v) is 13.5. The Bertz CT molecular complexity index is 653. The van der Waals surface area contributed by atoms with Crippen LogP contribution in [0.2, 0.25) is 0 Å². The van der Waals surface area contributed by atoms with Gasteiger partial charge in [-0.25, -0.2) is 17.5 Å². The quantitative estimate of drug-likeness (QED) is 0.832. The van der Waals surface area contributed by atoms with E-state index in [0.717, 1.165) is 38.2 Å². The summed E-state index contributed by atoms with van der Waals surface area (Å²) in [5, 5.41) is 0. The van der Waals surface area contributed by atoms with Gasteiger partial charge in [0.25, 0.3) is 0 Å². The molecule has 2 rings (SSSR count). The normalized spacial score (nSPS) is 18.4. The Morgan fingerprint density at radius 3 is 2.52 bits per heavy atom. The van der Waals surface area contributed by atoms with Crippen molar-refractivity contribution in [2.24, 2.45) is 5.73 Å². The summed E-state index contributed by atoms with van der Waals surface area (Å²) in [5.74, 6) is -0.620. The van der Waals surface area contributed by atoms with Gasteiger partial charge in [-0.3, -0.25) is 0 Å². The van der Waals surface area contributed by atoms with E-state index in [1.54, 1.807) is 0 Å². The van der Waals surface area contributed by atoms with Gasteiger partial charge < -0.3 is 5.73 Å². The zero-order chi connectivity index (χ0) is 15.7. The van der Waals surface area contributed by atoms with E-state index in [9.17, 15) is 12.8 Å². The third kappa shape index (κ3) is 3.78. The van der Waals surface area contributed by atoms with Crippen molar-refractivity contribution >= 4 is 27.2 Å². The van der Waals surface area contributed by atoms with Crippen LogP contribution in [0.25, 0.3) is 0 Å². The highest BCUT2D eigenvalue weighted by molar-refractivity contribution is 7.89. The minimum Gasteiger partial charge on any atom is -0.389 e. The minimum atomic E-state index is -3.72. The first-order valence-corrected chi connectivity index (χ1v) is 8.76. The van der Waals surface area contributed by atoms with Crippen LogP contribution >= 0.6 is 12.2 Å². The second kappa shape index (κ2) is 5.98. The first-order valence-electron chi connectivity index (χ1n) is 6.87. The smallest absolute Gasteiger partial charge is 0.241 e. The van der Waals surface area contributed by atoms with Gasteiger partial charge in [0.05, 0.1) is 4.90 Å². The number of hydrogen-bond donors (Lipinski definition) is 2. The molecule has 3 N–H and O–H groups in total. The Morgan fingerprint density at radius 2 is 1.95 bits per heavy atom. The molecular weight excluding hydrogens is 311 g/mol. The van der Waals surface area contributed by atoms with Gasteiger partial charge in [-0.15, -0.1) is 0 Å². The molecule has 7 heteroatoms. The van der Waals surface area contributed by atoms with Gasteiger partial charge >= 0.3 is 0 Å². The number of benzene rings is 1. The molecule has 116 valence electrons. The first kappa shape index (κ1) is 16.3. The minimum absolute atomic E-state index is 0.0153. The van der Waals surface area contributed by atoms with E-state index in [2.05, 4.69) is 4.72 Å². The van der Waals surface area contributed by atoms with Crippen molar-refractivity contribution in [3.8, 4) is 0 Å². The molecule has 0 atom stereocenters. The number of halogens is 1. The number of hydrogen-bond acceptors (Lipinski definition) is 3. The summed E-state index contributed by atoms with van der Waals surface area (Å²) in [6.45, 7) is 1.90. The molecule has 1 fully saturated rings. The van der Waals surface area contributed by atoms with Crippen molar-refractivity contribution in [1.29, 1.82) is 0 Å². The molecule has 1 saturated carbocycles. The van der Waals surface area contributed by atoms with E-state index in [4.69, 9.17) is 18.0 Å². The second-order valence-electron chi connectivity index (χ2n) is 5.73. The fourth-order valence-corrected chi connectivity index (χ4v) is 4.33. The predicted octanol–water partition coefficient (Wildman–Crippen LogP) is 2.46. The van der Waals surface area contributed by atoms with Crippen molar-refractivity contribution in [3.05, 3.63) is 29.6 Å². The summed E-state index contributed by atoms with van der Waals surface area (Å²) in [4.78, 5) is -0.174. The number of nitrogens with two attached hydrogens (primary N) is 1. The highest BCUT2D eigenvalue weighted by Crippen LogP contribution is 2.29. The molecule has 1 aromatic rings. The molecule has 1 aliphatic rings. The van der Waals surface area contributed by atoms with Crippen molar-refractivity contribution in [2.75, 3.05) is 0 Å². The zero-order valence-electron chi connectivity index (χ0n) is 11.9. The van der Waals surface area contributed by atoms with Gasteiger partial charge in [0.1, 0.15) is 10.8 Å². The standard InChI is InChI=1S/C14H19FN2O2S2/c1-14(7-3-2-4-8-14)17-21(18,19)10-5-6-12(15)11(9-10)13(16)20/h5-6,9,17H,2-4,7-8H2,1H3,(H2,16,20). The third-order valence-corrected chi connectivity index (χ3v) is 5.71. The molecule has 1 aromatic carbocycles. The van der Waals surface area contributed by atoms with Crippen LogP contribution in [0.1, 0.15) is 44.6 Å². The van der Waals surface area contributed by atoms with Crippen molar-refractivity contribution in [3.63, 3.8) is 0 Å². The van der Waals surface area contributed by atoms with Crippen molar-refractivity contribution in [2.45, 2.75) is 49.5 Å². The van der Waals surface area contributed by atoms with Crippen molar-refractivity contribution < 1.29 is 12.8 Å². The maximum absolute atomic E-state index is 13.6. The molecule has 0 heterocycles. The summed E-state index contributed by atoms with van der Waals surface area (Å²) in [7, 11) is -3.72. The van der Waals surface area contributed by atoms with E-state index >= 15 is 0 Å². The third-order valence-electron chi connectivity index (χ3n) is 3.85. The fourth-order valence-electron chi connectivity index (χ4n) is 2.68. The van der Waals surface area contributed by atoms with Crippen LogP contribution in [-0.4, -0.2) is 18.9 Å². The molecule has 0 aliphatic heterocycles. The molecule has 0 bridgehead atoms. The second-order valence-corrected chi connectivity index (χ2v) is 7.85. The highest BCUT2D eigenvalue weighted by Gasteiger charge is 2.32. The van der Waals surface area contributed by atoms with Crippen LogP contribution in [0.5, 0.6) is 0 Å². The average molecular weight is 330 g/mol. The lowest BCUT2D eigenvalue weighted by molar-refractivity contribution is 0.294. The number of sulfonamides is 1. The van der Waals surface area contributed by atoms with Crippen LogP contribution < -0.4 is 10.5 Å². The van der Waals surface area contributed by atoms with Crippen LogP contribution in [0.15, 0.2) is 23.1 Å². The Kier molecular flexibility index (Phi) is 4.65. The Labute approximate surface area is 130 Å². The van der Waals surface area contributed by atoms with E-state index in [0.29, 0.717) is 0 Å². The monoisotopic (exact) mass is 330 g/mol. The molecule has 0 aromatic heterocycles. The Hall–Kier alpha value is -1.05. The van der Waals surface area contributed by atoms with E-state index in [1.807, 2.05) is 6.92 Å². The van der Waals surface area contributed by atoms with E-state index in [1.165, 1.54) is 12.1 Å². The lowest BCUT2D eigenvalue weighted by Crippen LogP contribution is -2.47. The number of rotatable bonds is 4. The Morgan fingerprint density at radius 1 is 1.33 bits per heavy atom. The van der Waals surface area contributed by atoms with E-state index in [-0.39, 0.29) is 15.4 Å². The molecular formula is C14H19FN2O2S2. The molecule has 0 saturated heterocycles. The number of thiocarbonyl (C=S) groups is 1. The van der Waals surface area contributed by atoms with Gasteiger partial charge in [-0.1, -0.05) is 31.5 Å². The molecule has 0 unspecified atom stereocenters. The van der Waals surface area contributed by atoms with E-state index < -0.39 is 21.4 Å². The summed E-state index contributed by atoms with van der Waals surface area (Å²) in [6, 6.07) is 3.49. The maximum atomic E-state index is 13.6. The van der Waals surface area contributed by atoms with Crippen molar-refractivity contribution in [1.82, 2.24) is 4.72 Å².